The standard InChI is InChI=1S/C20H19ClF4N4O.C12H14FN3.C7H6ClF3N2O2/c1-11(2)18-13(9-26-29(18)15-6-4-14(22)5-7-15)8-16(30)10-28-12(3)17(21)19(27-28)20(23,24)25;1-8(2)12-11(14)7-15-16(12)10-5-3-9(13)4-6-10;1-3-5(8)6(7(9,10)11)12-13(3)2-4(14)15/h4-7,9,11H,8,10H2,1-3H3;3-8H,14H2,1-2H3;2H2,1H3,(H,14,15). The molecule has 6 aromatic rings. The predicted octanol–water partition coefficient (Wildman–Crippen LogP) is 9.79. The maximum Gasteiger partial charge on any atom is 0.436 e. The van der Waals surface area contributed by atoms with Gasteiger partial charge in [0.25, 0.3) is 0 Å². The van der Waals surface area contributed by atoms with Gasteiger partial charge in [0, 0.05) is 12.0 Å². The van der Waals surface area contributed by atoms with Gasteiger partial charge >= 0.3 is 18.3 Å². The first kappa shape index (κ1) is 47.9. The smallest absolute Gasteiger partial charge is 0.436 e. The highest BCUT2D eigenvalue weighted by Crippen LogP contribution is 2.36. The lowest BCUT2D eigenvalue weighted by Crippen LogP contribution is -2.17. The van der Waals surface area contributed by atoms with Crippen LogP contribution in [0.4, 0.5) is 40.8 Å². The van der Waals surface area contributed by atoms with Crippen LogP contribution in [-0.4, -0.2) is 56.0 Å². The molecule has 6 rings (SSSR count). The Morgan fingerprint density at radius 1 is 0.689 bits per heavy atom. The van der Waals surface area contributed by atoms with E-state index in [9.17, 15) is 44.7 Å². The Balaban J connectivity index is 0.000000222. The molecular weight excluding hydrogens is 865 g/mol. The molecule has 0 aliphatic rings. The van der Waals surface area contributed by atoms with Gasteiger partial charge in [0.1, 0.15) is 24.7 Å². The summed E-state index contributed by atoms with van der Waals surface area (Å²) in [6.07, 6.45) is -6.24. The number of ketones is 1. The lowest BCUT2D eigenvalue weighted by molar-refractivity contribution is -0.143. The molecule has 0 amide bonds. The molecule has 0 saturated heterocycles. The highest BCUT2D eigenvalue weighted by atomic mass is 35.5. The number of hydrogen-bond donors (Lipinski definition) is 2. The van der Waals surface area contributed by atoms with Crippen molar-refractivity contribution in [3.8, 4) is 11.4 Å². The molecule has 3 N–H and O–H groups in total. The molecule has 0 aliphatic heterocycles. The molecule has 0 spiro atoms. The van der Waals surface area contributed by atoms with Crippen molar-refractivity contribution in [3.05, 3.63) is 122 Å². The highest BCUT2D eigenvalue weighted by Gasteiger charge is 2.39. The number of carbonyl (C=O) groups excluding carboxylic acids is 1. The second-order valence-corrected chi connectivity index (χ2v) is 14.8. The molecule has 0 radical (unpaired) electrons. The SMILES string of the molecule is CC(C)c1c(N)cnn1-c1ccc(F)cc1.Cc1c(Cl)c(C(F)(F)F)nn1CC(=O)Cc1cnn(-c2ccc(F)cc2)c1C(C)C.Cc1c(Cl)c(C(F)(F)F)nn1CC(=O)O. The molecule has 22 heteroatoms. The normalized spacial score (nSPS) is 11.7. The largest absolute Gasteiger partial charge is 0.480 e. The number of carbonyl (C=O) groups is 2. The van der Waals surface area contributed by atoms with Crippen LogP contribution >= 0.6 is 23.2 Å². The number of aliphatic carboxylic acids is 1. The van der Waals surface area contributed by atoms with Crippen molar-refractivity contribution in [2.75, 3.05) is 5.73 Å². The van der Waals surface area contributed by atoms with Crippen molar-refractivity contribution in [2.45, 2.75) is 85.2 Å². The number of carboxylic acid groups (broad SMARTS) is 1. The molecule has 0 aliphatic carbocycles. The molecule has 0 fully saturated rings. The number of anilines is 1. The van der Waals surface area contributed by atoms with Gasteiger partial charge < -0.3 is 10.8 Å². The average Bonchev–Trinajstić information content (AvgIpc) is 3.91. The van der Waals surface area contributed by atoms with Crippen molar-refractivity contribution in [1.29, 1.82) is 0 Å². The van der Waals surface area contributed by atoms with Crippen molar-refractivity contribution >= 4 is 40.6 Å². The van der Waals surface area contributed by atoms with E-state index in [1.165, 1.54) is 38.1 Å². The Labute approximate surface area is 353 Å². The number of hydrogen-bond acceptors (Lipinski definition) is 7. The van der Waals surface area contributed by atoms with E-state index in [0.29, 0.717) is 21.6 Å². The van der Waals surface area contributed by atoms with Crippen LogP contribution in [0, 0.1) is 25.5 Å². The Kier molecular flexibility index (Phi) is 15.2. The third-order valence-electron chi connectivity index (χ3n) is 8.76. The van der Waals surface area contributed by atoms with Gasteiger partial charge in [0.2, 0.25) is 0 Å². The molecular formula is C39H39Cl2F8N9O3. The minimum absolute atomic E-state index is 0.00179. The zero-order valence-electron chi connectivity index (χ0n) is 33.2. The van der Waals surface area contributed by atoms with Gasteiger partial charge in [-0.2, -0.15) is 46.7 Å². The number of benzene rings is 2. The van der Waals surface area contributed by atoms with E-state index in [2.05, 4.69) is 20.4 Å². The number of halogens is 10. The van der Waals surface area contributed by atoms with Crippen LogP contribution < -0.4 is 5.73 Å². The third-order valence-corrected chi connectivity index (χ3v) is 9.67. The van der Waals surface area contributed by atoms with Crippen LogP contribution in [0.5, 0.6) is 0 Å². The summed E-state index contributed by atoms with van der Waals surface area (Å²) in [5.41, 5.74) is 7.92. The fourth-order valence-corrected chi connectivity index (χ4v) is 6.44. The summed E-state index contributed by atoms with van der Waals surface area (Å²) in [7, 11) is 0. The lowest BCUT2D eigenvalue weighted by atomic mass is 10.0. The number of rotatable bonds is 10. The minimum atomic E-state index is -4.70. The van der Waals surface area contributed by atoms with Crippen molar-refractivity contribution in [3.63, 3.8) is 0 Å². The van der Waals surface area contributed by atoms with Gasteiger partial charge in [-0.3, -0.25) is 19.0 Å². The number of nitrogens with two attached hydrogens (primary N) is 1. The fourth-order valence-electron chi connectivity index (χ4n) is 5.95. The summed E-state index contributed by atoms with van der Waals surface area (Å²) in [4.78, 5) is 22.9. The maximum absolute atomic E-state index is 13.2. The molecule has 0 saturated carbocycles. The molecule has 61 heavy (non-hydrogen) atoms. The number of carboxylic acids is 1. The summed E-state index contributed by atoms with van der Waals surface area (Å²) in [6, 6.07) is 12.0. The van der Waals surface area contributed by atoms with E-state index in [4.69, 9.17) is 34.0 Å². The molecule has 0 atom stereocenters. The van der Waals surface area contributed by atoms with Crippen LogP contribution in [0.15, 0.2) is 60.9 Å². The molecule has 328 valence electrons. The van der Waals surface area contributed by atoms with Crippen LogP contribution in [-0.2, 0) is 41.5 Å². The number of aromatic nitrogens is 8. The van der Waals surface area contributed by atoms with Crippen molar-refractivity contribution < 1.29 is 49.8 Å². The first-order valence-corrected chi connectivity index (χ1v) is 18.8. The zero-order chi connectivity index (χ0) is 45.7. The van der Waals surface area contributed by atoms with Gasteiger partial charge in [-0.05, 0) is 74.2 Å². The fraction of sp³-hybridized carbons (Fsp3) is 0.333. The van der Waals surface area contributed by atoms with Gasteiger partial charge in [-0.15, -0.1) is 0 Å². The van der Waals surface area contributed by atoms with E-state index in [-0.39, 0.29) is 53.6 Å². The number of nitrogen functional groups attached to an aromatic ring is 1. The van der Waals surface area contributed by atoms with E-state index in [1.807, 2.05) is 27.7 Å². The Morgan fingerprint density at radius 2 is 1.08 bits per heavy atom. The monoisotopic (exact) mass is 903 g/mol. The first-order valence-electron chi connectivity index (χ1n) is 18.1. The van der Waals surface area contributed by atoms with Crippen LogP contribution in [0.3, 0.4) is 0 Å². The van der Waals surface area contributed by atoms with Crippen LogP contribution in [0.25, 0.3) is 11.4 Å². The summed E-state index contributed by atoms with van der Waals surface area (Å²) in [6.45, 7) is 9.61. The third kappa shape index (κ3) is 11.7. The van der Waals surface area contributed by atoms with E-state index >= 15 is 0 Å². The summed E-state index contributed by atoms with van der Waals surface area (Å²) in [5, 5.41) is 22.4. The Hall–Kier alpha value is -5.76. The molecule has 12 nitrogen and oxygen atoms in total. The van der Waals surface area contributed by atoms with Gasteiger partial charge in [-0.1, -0.05) is 50.9 Å². The van der Waals surface area contributed by atoms with Crippen molar-refractivity contribution in [1.82, 2.24) is 39.1 Å². The van der Waals surface area contributed by atoms with E-state index < -0.39 is 46.3 Å². The van der Waals surface area contributed by atoms with Gasteiger partial charge in [-0.25, -0.2) is 18.1 Å². The quantitative estimate of drug-likeness (QED) is 0.129. The van der Waals surface area contributed by atoms with Gasteiger partial charge in [0.05, 0.1) is 62.3 Å². The maximum atomic E-state index is 13.2. The zero-order valence-corrected chi connectivity index (χ0v) is 34.8. The molecule has 0 bridgehead atoms. The minimum Gasteiger partial charge on any atom is -0.480 e. The van der Waals surface area contributed by atoms with Crippen LogP contribution in [0.1, 0.15) is 79.3 Å². The van der Waals surface area contributed by atoms with Crippen molar-refractivity contribution in [2.24, 2.45) is 0 Å². The Morgan fingerprint density at radius 3 is 1.46 bits per heavy atom. The number of alkyl halides is 6. The molecule has 0 unspecified atom stereocenters. The molecule has 2 aromatic carbocycles. The lowest BCUT2D eigenvalue weighted by Gasteiger charge is -2.13. The highest BCUT2D eigenvalue weighted by molar-refractivity contribution is 6.32. The second-order valence-electron chi connectivity index (χ2n) is 14.0. The summed E-state index contributed by atoms with van der Waals surface area (Å²) < 4.78 is 107. The average molecular weight is 905 g/mol. The van der Waals surface area contributed by atoms with E-state index in [1.54, 1.807) is 46.0 Å². The molecule has 4 aromatic heterocycles. The number of Topliss-reactive ketones (excluding diaryl/α,β-unsaturated/α-hetero) is 1. The summed E-state index contributed by atoms with van der Waals surface area (Å²) >= 11 is 11.1. The number of nitrogens with zero attached hydrogens (tertiary/aromatic N) is 8. The first-order chi connectivity index (χ1) is 28.3. The van der Waals surface area contributed by atoms with E-state index in [0.717, 1.165) is 21.8 Å². The van der Waals surface area contributed by atoms with Crippen LogP contribution in [0.2, 0.25) is 10.0 Å². The predicted molar refractivity (Wildman–Crippen MR) is 210 cm³/mol. The Bertz CT molecular complexity index is 2470. The summed E-state index contributed by atoms with van der Waals surface area (Å²) in [5.74, 6) is -1.99. The topological polar surface area (TPSA) is 152 Å². The second kappa shape index (κ2) is 19.3. The molecule has 4 heterocycles. The van der Waals surface area contributed by atoms with Gasteiger partial charge in [0.15, 0.2) is 17.2 Å².